The number of aromatic nitrogens is 2. The molecule has 3 aromatic rings. The first-order chi connectivity index (χ1) is 13.1. The van der Waals surface area contributed by atoms with Gasteiger partial charge in [-0.2, -0.15) is 0 Å². The highest BCUT2D eigenvalue weighted by Gasteiger charge is 2.21. The number of hydrogen-bond donors (Lipinski definition) is 1. The highest BCUT2D eigenvalue weighted by molar-refractivity contribution is 5.95. The second-order valence-electron chi connectivity index (χ2n) is 7.66. The van der Waals surface area contributed by atoms with E-state index in [1.165, 1.54) is 11.2 Å². The Balaban J connectivity index is 1.31. The molecule has 1 atom stereocenters. The molecule has 140 valence electrons. The normalized spacial score (nSPS) is 16.5. The number of benzene rings is 2. The molecule has 1 amide bonds. The first-order valence-corrected chi connectivity index (χ1v) is 9.56. The van der Waals surface area contributed by atoms with Gasteiger partial charge in [0.2, 0.25) is 5.91 Å². The van der Waals surface area contributed by atoms with Crippen molar-refractivity contribution in [3.8, 4) is 0 Å². The van der Waals surface area contributed by atoms with Crippen LogP contribution in [0.15, 0.2) is 48.7 Å². The third-order valence-corrected chi connectivity index (χ3v) is 5.23. The van der Waals surface area contributed by atoms with E-state index in [1.54, 1.807) is 0 Å². The smallest absolute Gasteiger partial charge is 0.238 e. The molecular weight excluding hydrogens is 336 g/mol. The third-order valence-electron chi connectivity index (χ3n) is 5.23. The van der Waals surface area contributed by atoms with Crippen LogP contribution in [0.1, 0.15) is 17.9 Å². The van der Waals surface area contributed by atoms with Gasteiger partial charge in [-0.05, 0) is 49.2 Å². The summed E-state index contributed by atoms with van der Waals surface area (Å²) in [5.74, 6) is 1.78. The number of nitrogens with one attached hydrogen (secondary N) is 1. The van der Waals surface area contributed by atoms with Crippen molar-refractivity contribution in [1.82, 2.24) is 14.5 Å². The van der Waals surface area contributed by atoms with Crippen molar-refractivity contribution in [1.29, 1.82) is 0 Å². The summed E-state index contributed by atoms with van der Waals surface area (Å²) in [5.41, 5.74) is 1.94. The number of carbonyl (C=O) groups excluding carboxylic acids is 1. The minimum Gasteiger partial charge on any atom is -0.334 e. The molecule has 0 aliphatic carbocycles. The van der Waals surface area contributed by atoms with Crippen LogP contribution in [0.5, 0.6) is 0 Å². The van der Waals surface area contributed by atoms with Gasteiger partial charge in [0.05, 0.1) is 12.2 Å². The van der Waals surface area contributed by atoms with Crippen molar-refractivity contribution in [3.05, 3.63) is 60.2 Å². The highest BCUT2D eigenvalue weighted by atomic mass is 16.2. The monoisotopic (exact) mass is 362 g/mol. The van der Waals surface area contributed by atoms with Crippen molar-refractivity contribution in [3.63, 3.8) is 0 Å². The van der Waals surface area contributed by atoms with E-state index in [0.29, 0.717) is 12.5 Å². The van der Waals surface area contributed by atoms with E-state index in [4.69, 9.17) is 0 Å². The minimum atomic E-state index is 0.0303. The number of fused-ring (bicyclic) bond motifs is 2. The van der Waals surface area contributed by atoms with Crippen molar-refractivity contribution in [2.24, 2.45) is 5.92 Å². The Labute approximate surface area is 160 Å². The molecule has 0 fully saturated rings. The van der Waals surface area contributed by atoms with Crippen molar-refractivity contribution < 1.29 is 4.79 Å². The maximum Gasteiger partial charge on any atom is 0.238 e. The van der Waals surface area contributed by atoms with Crippen LogP contribution in [0.25, 0.3) is 10.8 Å². The van der Waals surface area contributed by atoms with E-state index >= 15 is 0 Å². The molecule has 0 saturated heterocycles. The predicted octanol–water partition coefficient (Wildman–Crippen LogP) is 3.48. The van der Waals surface area contributed by atoms with Gasteiger partial charge in [-0.3, -0.25) is 9.69 Å². The van der Waals surface area contributed by atoms with E-state index in [2.05, 4.69) is 38.1 Å². The number of amides is 1. The zero-order valence-electron chi connectivity index (χ0n) is 16.0. The average Bonchev–Trinajstić information content (AvgIpc) is 3.00. The van der Waals surface area contributed by atoms with Crippen LogP contribution in [0, 0.1) is 12.8 Å². The Kier molecular flexibility index (Phi) is 4.94. The zero-order valence-corrected chi connectivity index (χ0v) is 16.0. The molecule has 2 heterocycles. The van der Waals surface area contributed by atoms with Gasteiger partial charge in [0.1, 0.15) is 5.82 Å². The minimum absolute atomic E-state index is 0.0303. The topological polar surface area (TPSA) is 50.2 Å². The average molecular weight is 362 g/mol. The predicted molar refractivity (Wildman–Crippen MR) is 109 cm³/mol. The van der Waals surface area contributed by atoms with Gasteiger partial charge in [-0.25, -0.2) is 4.98 Å². The Morgan fingerprint density at radius 3 is 2.93 bits per heavy atom. The number of nitrogens with zero attached hydrogens (tertiary/aromatic N) is 3. The summed E-state index contributed by atoms with van der Waals surface area (Å²) in [6, 6.07) is 14.2. The van der Waals surface area contributed by atoms with Crippen LogP contribution in [-0.4, -0.2) is 40.5 Å². The standard InChI is InChI=1S/C22H26N4O/c1-16-12-26-14-17(7-10-21(26)23-16)13-25(2)15-22(27)24-20-9-8-18-5-3-4-6-19(18)11-20/h3-6,8-9,11-12,17H,7,10,13-15H2,1-2H3,(H,24,27). The number of imidazole rings is 1. The van der Waals surface area contributed by atoms with E-state index in [9.17, 15) is 4.79 Å². The Morgan fingerprint density at radius 1 is 1.26 bits per heavy atom. The van der Waals surface area contributed by atoms with Crippen LogP contribution >= 0.6 is 0 Å². The Bertz CT molecular complexity index is 962. The summed E-state index contributed by atoms with van der Waals surface area (Å²) in [6.07, 6.45) is 4.29. The molecule has 1 aliphatic rings. The van der Waals surface area contributed by atoms with Crippen molar-refractivity contribution in [2.45, 2.75) is 26.3 Å². The summed E-state index contributed by atoms with van der Waals surface area (Å²) in [5, 5.41) is 5.34. The molecule has 5 nitrogen and oxygen atoms in total. The van der Waals surface area contributed by atoms with Crippen LogP contribution < -0.4 is 5.32 Å². The molecule has 27 heavy (non-hydrogen) atoms. The first kappa shape index (κ1) is 17.7. The van der Waals surface area contributed by atoms with Gasteiger partial charge >= 0.3 is 0 Å². The molecule has 0 spiro atoms. The van der Waals surface area contributed by atoms with Gasteiger partial charge in [0.25, 0.3) is 0 Å². The Hall–Kier alpha value is -2.66. The summed E-state index contributed by atoms with van der Waals surface area (Å²) in [4.78, 5) is 19.1. The summed E-state index contributed by atoms with van der Waals surface area (Å²) < 4.78 is 2.27. The fraction of sp³-hybridized carbons (Fsp3) is 0.364. The highest BCUT2D eigenvalue weighted by Crippen LogP contribution is 2.21. The zero-order chi connectivity index (χ0) is 18.8. The SMILES string of the molecule is Cc1cn2c(n1)CCC(CN(C)CC(=O)Nc1ccc3ccccc3c1)C2. The van der Waals surface area contributed by atoms with Crippen LogP contribution in [0.2, 0.25) is 0 Å². The van der Waals surface area contributed by atoms with E-state index < -0.39 is 0 Å². The van der Waals surface area contributed by atoms with E-state index in [0.717, 1.165) is 42.7 Å². The molecule has 4 rings (SSSR count). The molecule has 2 aromatic carbocycles. The molecule has 1 N–H and O–H groups in total. The van der Waals surface area contributed by atoms with Crippen LogP contribution in [0.3, 0.4) is 0 Å². The van der Waals surface area contributed by atoms with Gasteiger partial charge in [0.15, 0.2) is 0 Å². The molecule has 1 aromatic heterocycles. The maximum atomic E-state index is 12.4. The molecule has 0 bridgehead atoms. The molecular formula is C22H26N4O. The second-order valence-corrected chi connectivity index (χ2v) is 7.66. The number of aryl methyl sites for hydroxylation is 2. The molecule has 5 heteroatoms. The second kappa shape index (κ2) is 7.53. The lowest BCUT2D eigenvalue weighted by Crippen LogP contribution is -2.36. The number of carbonyl (C=O) groups is 1. The molecule has 0 radical (unpaired) electrons. The van der Waals surface area contributed by atoms with E-state index in [1.807, 2.05) is 44.3 Å². The fourth-order valence-corrected chi connectivity index (χ4v) is 4.02. The number of rotatable bonds is 5. The lowest BCUT2D eigenvalue weighted by molar-refractivity contribution is -0.117. The van der Waals surface area contributed by atoms with Crippen molar-refractivity contribution >= 4 is 22.4 Å². The largest absolute Gasteiger partial charge is 0.334 e. The first-order valence-electron chi connectivity index (χ1n) is 9.56. The lowest BCUT2D eigenvalue weighted by atomic mass is 9.99. The molecule has 1 aliphatic heterocycles. The summed E-state index contributed by atoms with van der Waals surface area (Å²) in [6.45, 7) is 4.36. The van der Waals surface area contributed by atoms with Crippen molar-refractivity contribution in [2.75, 3.05) is 25.5 Å². The quantitative estimate of drug-likeness (QED) is 0.756. The molecule has 0 saturated carbocycles. The van der Waals surface area contributed by atoms with E-state index in [-0.39, 0.29) is 5.91 Å². The van der Waals surface area contributed by atoms with Crippen LogP contribution in [0.4, 0.5) is 5.69 Å². The maximum absolute atomic E-state index is 12.4. The van der Waals surface area contributed by atoms with Gasteiger partial charge < -0.3 is 9.88 Å². The summed E-state index contributed by atoms with van der Waals surface area (Å²) in [7, 11) is 2.02. The van der Waals surface area contributed by atoms with Gasteiger partial charge in [-0.1, -0.05) is 30.3 Å². The number of likely N-dealkylation sites (N-methyl/N-ethyl adjacent to an activating group) is 1. The fourth-order valence-electron chi connectivity index (χ4n) is 4.02. The molecule has 1 unspecified atom stereocenters. The van der Waals surface area contributed by atoms with Gasteiger partial charge in [-0.15, -0.1) is 0 Å². The van der Waals surface area contributed by atoms with Crippen LogP contribution in [-0.2, 0) is 17.8 Å². The number of hydrogen-bond acceptors (Lipinski definition) is 3. The van der Waals surface area contributed by atoms with Gasteiger partial charge in [0, 0.05) is 31.4 Å². The lowest BCUT2D eigenvalue weighted by Gasteiger charge is -2.27. The third kappa shape index (κ3) is 4.19. The summed E-state index contributed by atoms with van der Waals surface area (Å²) >= 11 is 0. The number of anilines is 1. The Morgan fingerprint density at radius 2 is 2.07 bits per heavy atom.